The van der Waals surface area contributed by atoms with Crippen molar-refractivity contribution in [3.05, 3.63) is 29.3 Å². The van der Waals surface area contributed by atoms with Crippen molar-refractivity contribution in [2.45, 2.75) is 39.7 Å². The molecule has 1 rings (SSSR count). The highest BCUT2D eigenvalue weighted by molar-refractivity contribution is 6.18. The standard InChI is InChI=1S/C15H22ClNO2/c1-4-12(5-2)17(10-9-16)15(19)13-8-6-7-11(3)14(13)18/h6-8,12,18H,4-5,9-10H2,1-3H3. The first kappa shape index (κ1) is 15.8. The summed E-state index contributed by atoms with van der Waals surface area (Å²) in [6, 6.07) is 5.39. The number of aromatic hydroxyl groups is 1. The molecule has 1 amide bonds. The van der Waals surface area contributed by atoms with Crippen molar-refractivity contribution in [1.29, 1.82) is 0 Å². The summed E-state index contributed by atoms with van der Waals surface area (Å²) >= 11 is 5.80. The molecule has 0 heterocycles. The van der Waals surface area contributed by atoms with Gasteiger partial charge in [-0.15, -0.1) is 11.6 Å². The van der Waals surface area contributed by atoms with Crippen molar-refractivity contribution in [1.82, 2.24) is 4.90 Å². The van der Waals surface area contributed by atoms with Gasteiger partial charge < -0.3 is 10.0 Å². The van der Waals surface area contributed by atoms with Crippen LogP contribution in [0.1, 0.15) is 42.6 Å². The van der Waals surface area contributed by atoms with Gasteiger partial charge in [0.15, 0.2) is 0 Å². The molecule has 1 N–H and O–H groups in total. The van der Waals surface area contributed by atoms with Gasteiger partial charge in [-0.1, -0.05) is 26.0 Å². The van der Waals surface area contributed by atoms with Crippen molar-refractivity contribution in [3.8, 4) is 5.75 Å². The zero-order valence-electron chi connectivity index (χ0n) is 11.8. The van der Waals surface area contributed by atoms with Crippen LogP contribution in [-0.4, -0.2) is 34.4 Å². The Morgan fingerprint density at radius 3 is 2.53 bits per heavy atom. The van der Waals surface area contributed by atoms with Crippen LogP contribution in [-0.2, 0) is 0 Å². The number of halogens is 1. The first-order valence-electron chi connectivity index (χ1n) is 6.72. The van der Waals surface area contributed by atoms with Crippen LogP contribution in [0.4, 0.5) is 0 Å². The number of phenols is 1. The van der Waals surface area contributed by atoms with Gasteiger partial charge in [-0.3, -0.25) is 4.79 Å². The Labute approximate surface area is 120 Å². The highest BCUT2D eigenvalue weighted by atomic mass is 35.5. The van der Waals surface area contributed by atoms with Crippen LogP contribution in [0.15, 0.2) is 18.2 Å². The van der Waals surface area contributed by atoms with Crippen LogP contribution in [0.25, 0.3) is 0 Å². The van der Waals surface area contributed by atoms with Gasteiger partial charge in [-0.05, 0) is 31.4 Å². The SMILES string of the molecule is CCC(CC)N(CCCl)C(=O)c1cccc(C)c1O. The van der Waals surface area contributed by atoms with E-state index in [1.165, 1.54) is 0 Å². The fourth-order valence-corrected chi connectivity index (χ4v) is 2.44. The Morgan fingerprint density at radius 1 is 1.37 bits per heavy atom. The molecule has 0 aromatic heterocycles. The maximum Gasteiger partial charge on any atom is 0.257 e. The number of rotatable bonds is 6. The van der Waals surface area contributed by atoms with E-state index < -0.39 is 0 Å². The molecular weight excluding hydrogens is 262 g/mol. The number of phenolic OH excluding ortho intramolecular Hbond substituents is 1. The lowest BCUT2D eigenvalue weighted by molar-refractivity contribution is 0.0678. The van der Waals surface area contributed by atoms with Gasteiger partial charge in [0, 0.05) is 18.5 Å². The zero-order chi connectivity index (χ0) is 14.4. The molecule has 3 nitrogen and oxygen atoms in total. The Morgan fingerprint density at radius 2 is 2.00 bits per heavy atom. The van der Waals surface area contributed by atoms with E-state index in [2.05, 4.69) is 13.8 Å². The average molecular weight is 284 g/mol. The number of aryl methyl sites for hydroxylation is 1. The molecule has 106 valence electrons. The van der Waals surface area contributed by atoms with Gasteiger partial charge in [-0.2, -0.15) is 0 Å². The zero-order valence-corrected chi connectivity index (χ0v) is 12.6. The van der Waals surface area contributed by atoms with E-state index in [1.807, 2.05) is 0 Å². The molecule has 4 heteroatoms. The second-order valence-corrected chi connectivity index (χ2v) is 5.01. The molecule has 0 aliphatic heterocycles. The van der Waals surface area contributed by atoms with E-state index in [-0.39, 0.29) is 17.7 Å². The summed E-state index contributed by atoms with van der Waals surface area (Å²) in [5.41, 5.74) is 1.07. The smallest absolute Gasteiger partial charge is 0.257 e. The molecule has 0 saturated carbocycles. The second-order valence-electron chi connectivity index (χ2n) is 4.63. The Bertz CT molecular complexity index is 430. The quantitative estimate of drug-likeness (QED) is 0.811. The number of hydrogen-bond acceptors (Lipinski definition) is 2. The lowest BCUT2D eigenvalue weighted by atomic mass is 10.1. The number of carbonyl (C=O) groups is 1. The predicted octanol–water partition coefficient (Wildman–Crippen LogP) is 3.57. The van der Waals surface area contributed by atoms with Crippen LogP contribution >= 0.6 is 11.6 Å². The maximum atomic E-state index is 12.6. The van der Waals surface area contributed by atoms with Crippen molar-refractivity contribution < 1.29 is 9.90 Å². The van der Waals surface area contributed by atoms with E-state index in [9.17, 15) is 9.90 Å². The van der Waals surface area contributed by atoms with Crippen LogP contribution in [0.2, 0.25) is 0 Å². The summed E-state index contributed by atoms with van der Waals surface area (Å²) in [5.74, 6) is 0.322. The normalized spacial score (nSPS) is 10.8. The average Bonchev–Trinajstić information content (AvgIpc) is 2.41. The van der Waals surface area contributed by atoms with E-state index in [1.54, 1.807) is 30.0 Å². The van der Waals surface area contributed by atoms with Crippen molar-refractivity contribution in [2.24, 2.45) is 0 Å². The molecule has 0 bridgehead atoms. The monoisotopic (exact) mass is 283 g/mol. The summed E-state index contributed by atoms with van der Waals surface area (Å²) in [6.07, 6.45) is 1.76. The Balaban J connectivity index is 3.08. The summed E-state index contributed by atoms with van der Waals surface area (Å²) in [6.45, 7) is 6.40. The predicted molar refractivity (Wildman–Crippen MR) is 79.0 cm³/mol. The number of hydrogen-bond donors (Lipinski definition) is 1. The molecule has 0 aliphatic rings. The number of para-hydroxylation sites is 1. The maximum absolute atomic E-state index is 12.6. The molecule has 1 aromatic rings. The van der Waals surface area contributed by atoms with Crippen molar-refractivity contribution in [2.75, 3.05) is 12.4 Å². The van der Waals surface area contributed by atoms with Crippen molar-refractivity contribution >= 4 is 17.5 Å². The molecule has 19 heavy (non-hydrogen) atoms. The van der Waals surface area contributed by atoms with Crippen molar-refractivity contribution in [3.63, 3.8) is 0 Å². The van der Waals surface area contributed by atoms with E-state index in [4.69, 9.17) is 11.6 Å². The Hall–Kier alpha value is -1.22. The van der Waals surface area contributed by atoms with Crippen LogP contribution in [0, 0.1) is 6.92 Å². The fraction of sp³-hybridized carbons (Fsp3) is 0.533. The minimum Gasteiger partial charge on any atom is -0.507 e. The van der Waals surface area contributed by atoms with E-state index in [0.29, 0.717) is 23.6 Å². The summed E-state index contributed by atoms with van der Waals surface area (Å²) < 4.78 is 0. The molecule has 0 saturated heterocycles. The third-order valence-electron chi connectivity index (χ3n) is 3.44. The molecule has 0 fully saturated rings. The molecule has 0 spiro atoms. The van der Waals surface area contributed by atoms with E-state index in [0.717, 1.165) is 12.8 Å². The third-order valence-corrected chi connectivity index (χ3v) is 3.61. The van der Waals surface area contributed by atoms with Crippen LogP contribution in [0.3, 0.4) is 0 Å². The van der Waals surface area contributed by atoms with Gasteiger partial charge in [0.25, 0.3) is 5.91 Å². The number of carbonyl (C=O) groups excluding carboxylic acids is 1. The number of amides is 1. The number of benzene rings is 1. The topological polar surface area (TPSA) is 40.5 Å². The third kappa shape index (κ3) is 3.63. The largest absolute Gasteiger partial charge is 0.507 e. The van der Waals surface area contributed by atoms with E-state index >= 15 is 0 Å². The van der Waals surface area contributed by atoms with Gasteiger partial charge in [0.2, 0.25) is 0 Å². The summed E-state index contributed by atoms with van der Waals surface area (Å²) in [7, 11) is 0. The second kappa shape index (κ2) is 7.39. The fourth-order valence-electron chi connectivity index (χ4n) is 2.26. The lowest BCUT2D eigenvalue weighted by Gasteiger charge is -2.30. The van der Waals surface area contributed by atoms with Gasteiger partial charge in [-0.25, -0.2) is 0 Å². The van der Waals surface area contributed by atoms with Gasteiger partial charge >= 0.3 is 0 Å². The Kier molecular flexibility index (Phi) is 6.16. The molecular formula is C15H22ClNO2. The lowest BCUT2D eigenvalue weighted by Crippen LogP contribution is -2.41. The highest BCUT2D eigenvalue weighted by Gasteiger charge is 2.24. The summed E-state index contributed by atoms with van der Waals surface area (Å²) in [5, 5.41) is 10.0. The molecule has 0 radical (unpaired) electrons. The first-order valence-corrected chi connectivity index (χ1v) is 7.25. The molecule has 1 aromatic carbocycles. The molecule has 0 aliphatic carbocycles. The molecule has 0 atom stereocenters. The van der Waals surface area contributed by atoms with Gasteiger partial charge in [0.1, 0.15) is 5.75 Å². The summed E-state index contributed by atoms with van der Waals surface area (Å²) in [4.78, 5) is 14.3. The van der Waals surface area contributed by atoms with Crippen LogP contribution < -0.4 is 0 Å². The number of alkyl halides is 1. The highest BCUT2D eigenvalue weighted by Crippen LogP contribution is 2.24. The minimum absolute atomic E-state index is 0.0676. The minimum atomic E-state index is -0.143. The molecule has 0 unspecified atom stereocenters. The van der Waals surface area contributed by atoms with Crippen LogP contribution in [0.5, 0.6) is 5.75 Å². The number of nitrogens with zero attached hydrogens (tertiary/aromatic N) is 1. The van der Waals surface area contributed by atoms with Gasteiger partial charge in [0.05, 0.1) is 5.56 Å². The first-order chi connectivity index (χ1) is 9.06.